The SMILES string of the molecule is O=C(CCCNC(=O)c1ccc(F)cc1F)Nc1ccc(-c2nc3ccccc3s2)cn1. The van der Waals surface area contributed by atoms with E-state index in [2.05, 4.69) is 20.6 Å². The number of para-hydroxylation sites is 1. The molecule has 0 aliphatic carbocycles. The van der Waals surface area contributed by atoms with Crippen LogP contribution in [0.1, 0.15) is 23.2 Å². The third kappa shape index (κ3) is 5.12. The Hall–Kier alpha value is -3.72. The molecule has 2 N–H and O–H groups in total. The van der Waals surface area contributed by atoms with E-state index in [0.29, 0.717) is 18.3 Å². The summed E-state index contributed by atoms with van der Waals surface area (Å²) in [5.41, 5.74) is 1.55. The predicted octanol–water partition coefficient (Wildman–Crippen LogP) is 4.79. The van der Waals surface area contributed by atoms with Crippen molar-refractivity contribution in [1.29, 1.82) is 0 Å². The fourth-order valence-corrected chi connectivity index (χ4v) is 3.97. The van der Waals surface area contributed by atoms with Crippen LogP contribution in [0.25, 0.3) is 20.8 Å². The molecule has 32 heavy (non-hydrogen) atoms. The molecule has 6 nitrogen and oxygen atoms in total. The van der Waals surface area contributed by atoms with Crippen molar-refractivity contribution in [2.45, 2.75) is 12.8 Å². The van der Waals surface area contributed by atoms with Crippen molar-refractivity contribution in [3.8, 4) is 10.6 Å². The van der Waals surface area contributed by atoms with Crippen molar-refractivity contribution in [2.24, 2.45) is 0 Å². The van der Waals surface area contributed by atoms with Gasteiger partial charge in [-0.3, -0.25) is 9.59 Å². The van der Waals surface area contributed by atoms with E-state index in [-0.39, 0.29) is 24.4 Å². The van der Waals surface area contributed by atoms with E-state index in [0.717, 1.165) is 32.9 Å². The van der Waals surface area contributed by atoms with Gasteiger partial charge >= 0.3 is 0 Å². The van der Waals surface area contributed by atoms with Crippen LogP contribution in [0.3, 0.4) is 0 Å². The van der Waals surface area contributed by atoms with E-state index < -0.39 is 17.5 Å². The summed E-state index contributed by atoms with van der Waals surface area (Å²) >= 11 is 1.57. The zero-order valence-electron chi connectivity index (χ0n) is 16.8. The molecule has 0 fully saturated rings. The molecule has 0 aliphatic heterocycles. The molecule has 0 saturated carbocycles. The lowest BCUT2D eigenvalue weighted by atomic mass is 10.2. The van der Waals surface area contributed by atoms with Crippen molar-refractivity contribution in [3.63, 3.8) is 0 Å². The first-order valence-electron chi connectivity index (χ1n) is 9.85. The molecule has 2 heterocycles. The van der Waals surface area contributed by atoms with Crippen LogP contribution in [0.15, 0.2) is 60.8 Å². The van der Waals surface area contributed by atoms with Gasteiger partial charge in [0.2, 0.25) is 5.91 Å². The van der Waals surface area contributed by atoms with Crippen LogP contribution in [-0.2, 0) is 4.79 Å². The highest BCUT2D eigenvalue weighted by molar-refractivity contribution is 7.21. The van der Waals surface area contributed by atoms with Crippen LogP contribution in [-0.4, -0.2) is 28.3 Å². The van der Waals surface area contributed by atoms with Crippen molar-refractivity contribution >= 4 is 39.2 Å². The van der Waals surface area contributed by atoms with E-state index in [4.69, 9.17) is 0 Å². The number of pyridine rings is 1. The molecule has 2 amide bonds. The summed E-state index contributed by atoms with van der Waals surface area (Å²) in [4.78, 5) is 32.9. The van der Waals surface area contributed by atoms with Gasteiger partial charge in [0.25, 0.3) is 5.91 Å². The first-order chi connectivity index (χ1) is 15.5. The Morgan fingerprint density at radius 3 is 2.62 bits per heavy atom. The van der Waals surface area contributed by atoms with E-state index in [9.17, 15) is 18.4 Å². The molecular formula is C23H18F2N4O2S. The highest BCUT2D eigenvalue weighted by Gasteiger charge is 2.12. The first kappa shape index (κ1) is 21.5. The van der Waals surface area contributed by atoms with Crippen LogP contribution < -0.4 is 10.6 Å². The number of anilines is 1. The minimum Gasteiger partial charge on any atom is -0.352 e. The number of amides is 2. The number of hydrogen-bond donors (Lipinski definition) is 2. The number of nitrogens with one attached hydrogen (secondary N) is 2. The normalized spacial score (nSPS) is 10.8. The molecule has 0 unspecified atom stereocenters. The Bertz CT molecular complexity index is 1240. The molecular weight excluding hydrogens is 434 g/mol. The Morgan fingerprint density at radius 1 is 1.03 bits per heavy atom. The second-order valence-electron chi connectivity index (χ2n) is 6.95. The minimum atomic E-state index is -0.930. The average molecular weight is 452 g/mol. The molecule has 2 aromatic heterocycles. The van der Waals surface area contributed by atoms with Crippen molar-refractivity contribution in [3.05, 3.63) is 78.0 Å². The second kappa shape index (κ2) is 9.61. The van der Waals surface area contributed by atoms with Gasteiger partial charge in [0, 0.05) is 30.8 Å². The molecule has 0 spiro atoms. The Kier molecular flexibility index (Phi) is 6.46. The van der Waals surface area contributed by atoms with Gasteiger partial charge in [-0.2, -0.15) is 0 Å². The van der Waals surface area contributed by atoms with Crippen molar-refractivity contribution < 1.29 is 18.4 Å². The molecule has 0 atom stereocenters. The van der Waals surface area contributed by atoms with Gasteiger partial charge < -0.3 is 10.6 Å². The lowest BCUT2D eigenvalue weighted by Crippen LogP contribution is -2.26. The third-order valence-electron chi connectivity index (χ3n) is 4.61. The summed E-state index contributed by atoms with van der Waals surface area (Å²) in [6.07, 6.45) is 2.16. The fraction of sp³-hybridized carbons (Fsp3) is 0.130. The maximum atomic E-state index is 13.6. The number of hydrogen-bond acceptors (Lipinski definition) is 5. The summed E-state index contributed by atoms with van der Waals surface area (Å²) in [5.74, 6) is -2.18. The third-order valence-corrected chi connectivity index (χ3v) is 5.70. The quantitative estimate of drug-likeness (QED) is 0.395. The van der Waals surface area contributed by atoms with Gasteiger partial charge in [-0.15, -0.1) is 11.3 Å². The largest absolute Gasteiger partial charge is 0.352 e. The molecule has 162 valence electrons. The van der Waals surface area contributed by atoms with E-state index in [1.807, 2.05) is 30.3 Å². The zero-order valence-corrected chi connectivity index (χ0v) is 17.6. The number of benzene rings is 2. The van der Waals surface area contributed by atoms with Crippen LogP contribution in [0.5, 0.6) is 0 Å². The number of thiazole rings is 1. The first-order valence-corrected chi connectivity index (χ1v) is 10.7. The summed E-state index contributed by atoms with van der Waals surface area (Å²) < 4.78 is 27.6. The zero-order chi connectivity index (χ0) is 22.5. The standard InChI is InChI=1S/C23H18F2N4O2S/c24-15-8-9-16(17(25)12-15)22(31)26-11-3-6-21(30)29-20-10-7-14(13-27-20)23-28-18-4-1-2-5-19(18)32-23/h1-2,4-5,7-10,12-13H,3,6,11H2,(H,26,31)(H,27,29,30). The van der Waals surface area contributed by atoms with Crippen molar-refractivity contribution in [1.82, 2.24) is 15.3 Å². The predicted molar refractivity (Wildman–Crippen MR) is 119 cm³/mol. The number of aromatic nitrogens is 2. The number of carbonyl (C=O) groups excluding carboxylic acids is 2. The van der Waals surface area contributed by atoms with Crippen LogP contribution in [0.2, 0.25) is 0 Å². The number of fused-ring (bicyclic) bond motifs is 1. The smallest absolute Gasteiger partial charge is 0.254 e. The Morgan fingerprint density at radius 2 is 1.88 bits per heavy atom. The summed E-state index contributed by atoms with van der Waals surface area (Å²) in [6, 6.07) is 14.2. The number of halogens is 2. The van der Waals surface area contributed by atoms with Crippen LogP contribution in [0.4, 0.5) is 14.6 Å². The van der Waals surface area contributed by atoms with Crippen LogP contribution >= 0.6 is 11.3 Å². The summed E-state index contributed by atoms with van der Waals surface area (Å²) in [6.45, 7) is 0.174. The minimum absolute atomic E-state index is 0.146. The fourth-order valence-electron chi connectivity index (χ4n) is 3.02. The lowest BCUT2D eigenvalue weighted by Gasteiger charge is -2.07. The van der Waals surface area contributed by atoms with Gasteiger partial charge in [-0.05, 0) is 42.8 Å². The Labute approximate surface area is 186 Å². The number of carbonyl (C=O) groups is 2. The van der Waals surface area contributed by atoms with Crippen molar-refractivity contribution in [2.75, 3.05) is 11.9 Å². The maximum Gasteiger partial charge on any atom is 0.254 e. The molecule has 4 rings (SSSR count). The Balaban J connectivity index is 1.25. The topological polar surface area (TPSA) is 84.0 Å². The molecule has 0 radical (unpaired) electrons. The summed E-state index contributed by atoms with van der Waals surface area (Å²) in [7, 11) is 0. The lowest BCUT2D eigenvalue weighted by molar-refractivity contribution is -0.116. The monoisotopic (exact) mass is 452 g/mol. The molecule has 0 bridgehead atoms. The average Bonchev–Trinajstić information content (AvgIpc) is 3.21. The van der Waals surface area contributed by atoms with E-state index in [1.54, 1.807) is 23.6 Å². The highest BCUT2D eigenvalue weighted by Crippen LogP contribution is 2.29. The molecule has 2 aromatic carbocycles. The van der Waals surface area contributed by atoms with Gasteiger partial charge in [-0.25, -0.2) is 18.7 Å². The number of nitrogens with zero attached hydrogens (tertiary/aromatic N) is 2. The molecule has 0 aliphatic rings. The van der Waals surface area contributed by atoms with Gasteiger partial charge in [-0.1, -0.05) is 12.1 Å². The molecule has 0 saturated heterocycles. The molecule has 9 heteroatoms. The van der Waals surface area contributed by atoms with Gasteiger partial charge in [0.05, 0.1) is 15.8 Å². The molecule has 4 aromatic rings. The number of rotatable bonds is 7. The second-order valence-corrected chi connectivity index (χ2v) is 7.98. The van der Waals surface area contributed by atoms with Gasteiger partial charge in [0.1, 0.15) is 22.5 Å². The van der Waals surface area contributed by atoms with Crippen LogP contribution in [0, 0.1) is 11.6 Å². The van der Waals surface area contributed by atoms with E-state index in [1.165, 1.54) is 0 Å². The highest BCUT2D eigenvalue weighted by atomic mass is 32.1. The van der Waals surface area contributed by atoms with Gasteiger partial charge in [0.15, 0.2) is 0 Å². The maximum absolute atomic E-state index is 13.6. The summed E-state index contributed by atoms with van der Waals surface area (Å²) in [5, 5.41) is 6.06. The van der Waals surface area contributed by atoms with E-state index >= 15 is 0 Å².